The highest BCUT2D eigenvalue weighted by Crippen LogP contribution is 2.38. The molecule has 0 aliphatic carbocycles. The van der Waals surface area contributed by atoms with Gasteiger partial charge in [0.2, 0.25) is 11.8 Å². The molecule has 0 bridgehead atoms. The Hall–Kier alpha value is -3.10. The van der Waals surface area contributed by atoms with E-state index in [0.717, 1.165) is 5.56 Å². The number of nitrogens with one attached hydrogen (secondary N) is 1. The molecule has 5 nitrogen and oxygen atoms in total. The van der Waals surface area contributed by atoms with E-state index in [1.807, 2.05) is 0 Å². The zero-order valence-electron chi connectivity index (χ0n) is 15.9. The van der Waals surface area contributed by atoms with Crippen molar-refractivity contribution in [3.8, 4) is 0 Å². The van der Waals surface area contributed by atoms with Gasteiger partial charge in [-0.15, -0.1) is 0 Å². The maximum absolute atomic E-state index is 13.8. The van der Waals surface area contributed by atoms with Crippen LogP contribution in [0.3, 0.4) is 0 Å². The van der Waals surface area contributed by atoms with Crippen molar-refractivity contribution in [1.82, 2.24) is 0 Å². The molecule has 30 heavy (non-hydrogen) atoms. The van der Waals surface area contributed by atoms with Crippen LogP contribution in [-0.2, 0) is 16.0 Å². The molecule has 2 amide bonds. The highest BCUT2D eigenvalue weighted by Gasteiger charge is 2.49. The SMILES string of the molecule is O=C1CC(C(F)(F)F)N(C(=O)CN2CCCc3cc(F)ccc32)c2ccccc2N1. The van der Waals surface area contributed by atoms with Gasteiger partial charge in [-0.05, 0) is 48.7 Å². The Morgan fingerprint density at radius 2 is 1.90 bits per heavy atom. The van der Waals surface area contributed by atoms with Crippen molar-refractivity contribution in [2.75, 3.05) is 28.2 Å². The molecule has 158 valence electrons. The third-order valence-electron chi connectivity index (χ3n) is 5.36. The highest BCUT2D eigenvalue weighted by molar-refractivity contribution is 6.05. The zero-order chi connectivity index (χ0) is 21.5. The smallest absolute Gasteiger partial charge is 0.362 e. The molecule has 2 heterocycles. The number of benzene rings is 2. The molecule has 0 spiro atoms. The molecule has 4 rings (SSSR count). The van der Waals surface area contributed by atoms with Gasteiger partial charge in [-0.1, -0.05) is 12.1 Å². The average molecular weight is 421 g/mol. The molecule has 1 N–H and O–H groups in total. The quantitative estimate of drug-likeness (QED) is 0.749. The summed E-state index contributed by atoms with van der Waals surface area (Å²) in [7, 11) is 0. The largest absolute Gasteiger partial charge is 0.409 e. The van der Waals surface area contributed by atoms with Crippen molar-refractivity contribution in [2.24, 2.45) is 0 Å². The lowest BCUT2D eigenvalue weighted by Crippen LogP contribution is -2.53. The minimum absolute atomic E-state index is 0.00649. The van der Waals surface area contributed by atoms with Crippen LogP contribution in [0.25, 0.3) is 0 Å². The summed E-state index contributed by atoms with van der Waals surface area (Å²) in [5.74, 6) is -1.98. The lowest BCUT2D eigenvalue weighted by molar-refractivity contribution is -0.157. The topological polar surface area (TPSA) is 52.7 Å². The second kappa shape index (κ2) is 7.62. The summed E-state index contributed by atoms with van der Waals surface area (Å²) in [5, 5.41) is 2.45. The van der Waals surface area contributed by atoms with Crippen LogP contribution in [0.5, 0.6) is 0 Å². The van der Waals surface area contributed by atoms with Crippen LogP contribution in [0.2, 0.25) is 0 Å². The molecule has 0 saturated carbocycles. The molecule has 0 radical (unpaired) electrons. The van der Waals surface area contributed by atoms with E-state index >= 15 is 0 Å². The number of carbonyl (C=O) groups excluding carboxylic acids is 2. The predicted octanol–water partition coefficient (Wildman–Crippen LogP) is 3.88. The summed E-state index contributed by atoms with van der Waals surface area (Å²) in [5.41, 5.74) is 1.52. The van der Waals surface area contributed by atoms with Gasteiger partial charge in [0.25, 0.3) is 0 Å². The number of alkyl halides is 3. The van der Waals surface area contributed by atoms with Gasteiger partial charge in [-0.2, -0.15) is 13.2 Å². The standard InChI is InChI=1S/C21H19F4N3O2/c22-14-7-8-16-13(10-14)4-3-9-27(16)12-20(30)28-17-6-2-1-5-15(17)26-19(29)11-18(28)21(23,24)25/h1-2,5-8,10,18H,3-4,9,11-12H2,(H,26,29). The number of amides is 2. The highest BCUT2D eigenvalue weighted by atomic mass is 19.4. The molecule has 2 aliphatic rings. The summed E-state index contributed by atoms with van der Waals surface area (Å²) in [6, 6.07) is 7.86. The summed E-state index contributed by atoms with van der Waals surface area (Å²) in [6.07, 6.45) is -4.38. The molecule has 0 fully saturated rings. The molecule has 9 heteroatoms. The maximum Gasteiger partial charge on any atom is 0.409 e. The number of carbonyl (C=O) groups is 2. The minimum atomic E-state index is -4.78. The molecule has 2 aromatic carbocycles. The fourth-order valence-electron chi connectivity index (χ4n) is 4.04. The molecule has 0 saturated heterocycles. The lowest BCUT2D eigenvalue weighted by atomic mass is 10.0. The first kappa shape index (κ1) is 20.2. The first-order valence-corrected chi connectivity index (χ1v) is 9.55. The number of aryl methyl sites for hydroxylation is 1. The van der Waals surface area contributed by atoms with Crippen LogP contribution in [0, 0.1) is 5.82 Å². The monoisotopic (exact) mass is 421 g/mol. The van der Waals surface area contributed by atoms with Gasteiger partial charge in [0.15, 0.2) is 0 Å². The van der Waals surface area contributed by atoms with Gasteiger partial charge in [0, 0.05) is 12.2 Å². The van der Waals surface area contributed by atoms with E-state index in [9.17, 15) is 27.2 Å². The first-order valence-electron chi connectivity index (χ1n) is 9.55. The van der Waals surface area contributed by atoms with Crippen LogP contribution in [0.1, 0.15) is 18.4 Å². The van der Waals surface area contributed by atoms with Crippen molar-refractivity contribution in [2.45, 2.75) is 31.5 Å². The van der Waals surface area contributed by atoms with Crippen molar-refractivity contribution < 1.29 is 27.2 Å². The Morgan fingerprint density at radius 1 is 1.13 bits per heavy atom. The molecule has 2 aliphatic heterocycles. The van der Waals surface area contributed by atoms with Crippen molar-refractivity contribution in [1.29, 1.82) is 0 Å². The van der Waals surface area contributed by atoms with E-state index in [4.69, 9.17) is 0 Å². The van der Waals surface area contributed by atoms with Crippen LogP contribution in [0.4, 0.5) is 34.6 Å². The van der Waals surface area contributed by atoms with E-state index in [0.29, 0.717) is 30.0 Å². The van der Waals surface area contributed by atoms with Gasteiger partial charge in [0.1, 0.15) is 11.9 Å². The van der Waals surface area contributed by atoms with E-state index in [1.54, 1.807) is 17.0 Å². The van der Waals surface area contributed by atoms with Crippen molar-refractivity contribution in [3.05, 3.63) is 53.8 Å². The summed E-state index contributed by atoms with van der Waals surface area (Å²) < 4.78 is 55.0. The molecular formula is C21H19F4N3O2. The molecule has 1 atom stereocenters. The van der Waals surface area contributed by atoms with Gasteiger partial charge < -0.3 is 10.2 Å². The number of fused-ring (bicyclic) bond motifs is 2. The van der Waals surface area contributed by atoms with Gasteiger partial charge >= 0.3 is 6.18 Å². The number of hydrogen-bond acceptors (Lipinski definition) is 3. The Bertz CT molecular complexity index is 992. The van der Waals surface area contributed by atoms with Crippen LogP contribution >= 0.6 is 0 Å². The van der Waals surface area contributed by atoms with Crippen LogP contribution in [0.15, 0.2) is 42.5 Å². The summed E-state index contributed by atoms with van der Waals surface area (Å²) in [6.45, 7) is 0.154. The lowest BCUT2D eigenvalue weighted by Gasteiger charge is -2.36. The van der Waals surface area contributed by atoms with Crippen LogP contribution in [-0.4, -0.2) is 37.1 Å². The molecule has 0 aromatic heterocycles. The summed E-state index contributed by atoms with van der Waals surface area (Å²) >= 11 is 0. The minimum Gasteiger partial charge on any atom is -0.362 e. The maximum atomic E-state index is 13.8. The molecular weight excluding hydrogens is 402 g/mol. The Morgan fingerprint density at radius 3 is 2.67 bits per heavy atom. The van der Waals surface area contributed by atoms with Gasteiger partial charge in [-0.3, -0.25) is 14.5 Å². The summed E-state index contributed by atoms with van der Waals surface area (Å²) in [4.78, 5) is 27.6. The molecule has 2 aromatic rings. The fraction of sp³-hybridized carbons (Fsp3) is 0.333. The van der Waals surface area contributed by atoms with Crippen molar-refractivity contribution in [3.63, 3.8) is 0 Å². The fourth-order valence-corrected chi connectivity index (χ4v) is 4.04. The van der Waals surface area contributed by atoms with Crippen molar-refractivity contribution >= 4 is 28.9 Å². The Balaban J connectivity index is 1.70. The number of anilines is 3. The predicted molar refractivity (Wildman–Crippen MR) is 104 cm³/mol. The zero-order valence-corrected chi connectivity index (χ0v) is 15.9. The van der Waals surface area contributed by atoms with Crippen LogP contribution < -0.4 is 15.1 Å². The number of halogens is 4. The van der Waals surface area contributed by atoms with Gasteiger partial charge in [0.05, 0.1) is 24.3 Å². The second-order valence-corrected chi connectivity index (χ2v) is 7.39. The van der Waals surface area contributed by atoms with Gasteiger partial charge in [-0.25, -0.2) is 4.39 Å². The molecule has 1 unspecified atom stereocenters. The average Bonchev–Trinajstić information content (AvgIpc) is 2.83. The number of para-hydroxylation sites is 2. The number of nitrogens with zero attached hydrogens (tertiary/aromatic N) is 2. The van der Waals surface area contributed by atoms with E-state index in [1.165, 1.54) is 30.3 Å². The number of rotatable bonds is 2. The Kier molecular flexibility index (Phi) is 5.13. The van der Waals surface area contributed by atoms with E-state index in [2.05, 4.69) is 5.32 Å². The Labute approximate surface area is 170 Å². The third kappa shape index (κ3) is 3.83. The van der Waals surface area contributed by atoms with E-state index < -0.39 is 36.3 Å². The first-order chi connectivity index (χ1) is 14.2. The normalized spacial score (nSPS) is 18.9. The van der Waals surface area contributed by atoms with E-state index in [-0.39, 0.29) is 17.9 Å². The second-order valence-electron chi connectivity index (χ2n) is 7.39. The number of hydrogen-bond donors (Lipinski definition) is 1. The third-order valence-corrected chi connectivity index (χ3v) is 5.36.